The standard InChI is InChI=1S/C10H21N/c1-8(2)10-5-6-11(7-10)9(3)4/h8-10H,5-7H2,1-4H3. The molecule has 1 heterocycles. The van der Waals surface area contributed by atoms with Gasteiger partial charge in [0.1, 0.15) is 0 Å². The number of hydrogen-bond donors (Lipinski definition) is 0. The molecule has 1 rings (SSSR count). The first-order valence-electron chi connectivity index (χ1n) is 4.85. The van der Waals surface area contributed by atoms with Gasteiger partial charge < -0.3 is 4.90 Å². The number of rotatable bonds is 2. The first kappa shape index (κ1) is 9.05. The van der Waals surface area contributed by atoms with Gasteiger partial charge in [-0.15, -0.1) is 0 Å². The van der Waals surface area contributed by atoms with E-state index in [1.807, 2.05) is 0 Å². The molecule has 0 saturated carbocycles. The Morgan fingerprint density at radius 2 is 1.82 bits per heavy atom. The van der Waals surface area contributed by atoms with E-state index < -0.39 is 0 Å². The maximum Gasteiger partial charge on any atom is 0.00387 e. The number of likely N-dealkylation sites (tertiary alicyclic amines) is 1. The zero-order valence-corrected chi connectivity index (χ0v) is 8.30. The summed E-state index contributed by atoms with van der Waals surface area (Å²) in [4.78, 5) is 2.59. The average molecular weight is 155 g/mol. The van der Waals surface area contributed by atoms with Gasteiger partial charge in [-0.2, -0.15) is 0 Å². The first-order chi connectivity index (χ1) is 5.11. The van der Waals surface area contributed by atoms with Gasteiger partial charge in [-0.25, -0.2) is 0 Å². The summed E-state index contributed by atoms with van der Waals surface area (Å²) >= 11 is 0. The molecule has 1 atom stereocenters. The highest BCUT2D eigenvalue weighted by Crippen LogP contribution is 2.24. The van der Waals surface area contributed by atoms with Crippen LogP contribution in [0.15, 0.2) is 0 Å². The molecular weight excluding hydrogens is 134 g/mol. The molecule has 0 radical (unpaired) electrons. The fourth-order valence-corrected chi connectivity index (χ4v) is 1.83. The van der Waals surface area contributed by atoms with Crippen molar-refractivity contribution in [2.45, 2.75) is 40.2 Å². The molecular formula is C10H21N. The highest BCUT2D eigenvalue weighted by Gasteiger charge is 2.25. The van der Waals surface area contributed by atoms with Crippen molar-refractivity contribution < 1.29 is 0 Å². The van der Waals surface area contributed by atoms with Crippen LogP contribution in [0.2, 0.25) is 0 Å². The van der Waals surface area contributed by atoms with Crippen LogP contribution in [0.1, 0.15) is 34.1 Å². The van der Waals surface area contributed by atoms with Crippen molar-refractivity contribution in [1.82, 2.24) is 4.90 Å². The minimum atomic E-state index is 0.749. The molecule has 1 aliphatic rings. The summed E-state index contributed by atoms with van der Waals surface area (Å²) in [5.74, 6) is 1.83. The Balaban J connectivity index is 2.35. The zero-order chi connectivity index (χ0) is 8.43. The van der Waals surface area contributed by atoms with Crippen molar-refractivity contribution in [3.63, 3.8) is 0 Å². The summed E-state index contributed by atoms with van der Waals surface area (Å²) in [5, 5.41) is 0. The van der Waals surface area contributed by atoms with E-state index >= 15 is 0 Å². The van der Waals surface area contributed by atoms with E-state index in [1.54, 1.807) is 0 Å². The smallest absolute Gasteiger partial charge is 0.00387 e. The third-order valence-corrected chi connectivity index (χ3v) is 2.93. The van der Waals surface area contributed by atoms with E-state index in [9.17, 15) is 0 Å². The fraction of sp³-hybridized carbons (Fsp3) is 1.00. The Bertz CT molecular complexity index is 104. The first-order valence-corrected chi connectivity index (χ1v) is 4.85. The minimum absolute atomic E-state index is 0.749. The van der Waals surface area contributed by atoms with Crippen molar-refractivity contribution >= 4 is 0 Å². The van der Waals surface area contributed by atoms with E-state index in [4.69, 9.17) is 0 Å². The molecule has 0 aromatic rings. The highest BCUT2D eigenvalue weighted by molar-refractivity contribution is 4.79. The Kier molecular flexibility index (Phi) is 2.94. The zero-order valence-electron chi connectivity index (χ0n) is 8.30. The second-order valence-electron chi connectivity index (χ2n) is 4.38. The van der Waals surface area contributed by atoms with Gasteiger partial charge in [0, 0.05) is 12.6 Å². The monoisotopic (exact) mass is 155 g/mol. The molecule has 0 aliphatic carbocycles. The minimum Gasteiger partial charge on any atom is -0.301 e. The van der Waals surface area contributed by atoms with Gasteiger partial charge in [-0.05, 0) is 38.6 Å². The largest absolute Gasteiger partial charge is 0.301 e. The summed E-state index contributed by atoms with van der Waals surface area (Å²) in [7, 11) is 0. The highest BCUT2D eigenvalue weighted by atomic mass is 15.2. The summed E-state index contributed by atoms with van der Waals surface area (Å²) in [6.45, 7) is 11.9. The molecule has 1 fully saturated rings. The van der Waals surface area contributed by atoms with E-state index in [0.29, 0.717) is 0 Å². The summed E-state index contributed by atoms with van der Waals surface area (Å²) in [5.41, 5.74) is 0. The lowest BCUT2D eigenvalue weighted by Gasteiger charge is -2.21. The van der Waals surface area contributed by atoms with Gasteiger partial charge in [-0.3, -0.25) is 0 Å². The summed E-state index contributed by atoms with van der Waals surface area (Å²) in [6.07, 6.45) is 1.41. The average Bonchev–Trinajstić information content (AvgIpc) is 2.33. The molecule has 0 bridgehead atoms. The van der Waals surface area contributed by atoms with Crippen LogP contribution in [0.3, 0.4) is 0 Å². The summed E-state index contributed by atoms with van der Waals surface area (Å²) < 4.78 is 0. The van der Waals surface area contributed by atoms with Gasteiger partial charge in [0.05, 0.1) is 0 Å². The quantitative estimate of drug-likeness (QED) is 0.592. The molecule has 1 heteroatoms. The molecule has 1 saturated heterocycles. The number of nitrogens with zero attached hydrogens (tertiary/aromatic N) is 1. The molecule has 1 unspecified atom stereocenters. The van der Waals surface area contributed by atoms with Gasteiger partial charge in [-0.1, -0.05) is 13.8 Å². The summed E-state index contributed by atoms with van der Waals surface area (Å²) in [6, 6.07) is 0.749. The second-order valence-corrected chi connectivity index (χ2v) is 4.38. The maximum atomic E-state index is 2.59. The third kappa shape index (κ3) is 2.19. The SMILES string of the molecule is CC(C)C1CCN(C(C)C)C1. The third-order valence-electron chi connectivity index (χ3n) is 2.93. The van der Waals surface area contributed by atoms with Crippen LogP contribution in [0.25, 0.3) is 0 Å². The number of hydrogen-bond acceptors (Lipinski definition) is 1. The Labute approximate surface area is 70.8 Å². The van der Waals surface area contributed by atoms with Crippen LogP contribution < -0.4 is 0 Å². The van der Waals surface area contributed by atoms with Crippen molar-refractivity contribution in [2.24, 2.45) is 11.8 Å². The molecule has 11 heavy (non-hydrogen) atoms. The molecule has 0 aromatic carbocycles. The van der Waals surface area contributed by atoms with Crippen LogP contribution >= 0.6 is 0 Å². The van der Waals surface area contributed by atoms with Crippen molar-refractivity contribution in [3.05, 3.63) is 0 Å². The predicted octanol–water partition coefficient (Wildman–Crippen LogP) is 2.37. The van der Waals surface area contributed by atoms with Crippen LogP contribution in [-0.2, 0) is 0 Å². The van der Waals surface area contributed by atoms with Gasteiger partial charge in [0.2, 0.25) is 0 Å². The van der Waals surface area contributed by atoms with E-state index in [2.05, 4.69) is 32.6 Å². The molecule has 0 amide bonds. The predicted molar refractivity (Wildman–Crippen MR) is 49.7 cm³/mol. The molecule has 66 valence electrons. The van der Waals surface area contributed by atoms with Crippen molar-refractivity contribution in [1.29, 1.82) is 0 Å². The van der Waals surface area contributed by atoms with E-state index in [1.165, 1.54) is 19.5 Å². The maximum absolute atomic E-state index is 2.59. The molecule has 1 nitrogen and oxygen atoms in total. The topological polar surface area (TPSA) is 3.24 Å². The van der Waals surface area contributed by atoms with Crippen LogP contribution in [0, 0.1) is 11.8 Å². The lowest BCUT2D eigenvalue weighted by atomic mass is 9.95. The molecule has 0 N–H and O–H groups in total. The van der Waals surface area contributed by atoms with Crippen molar-refractivity contribution in [2.75, 3.05) is 13.1 Å². The molecule has 1 aliphatic heterocycles. The van der Waals surface area contributed by atoms with Crippen LogP contribution in [0.5, 0.6) is 0 Å². The molecule has 0 aromatic heterocycles. The lowest BCUT2D eigenvalue weighted by molar-refractivity contribution is 0.253. The van der Waals surface area contributed by atoms with Crippen LogP contribution in [-0.4, -0.2) is 24.0 Å². The van der Waals surface area contributed by atoms with E-state index in [0.717, 1.165) is 17.9 Å². The van der Waals surface area contributed by atoms with Crippen LogP contribution in [0.4, 0.5) is 0 Å². The Morgan fingerprint density at radius 1 is 1.18 bits per heavy atom. The Hall–Kier alpha value is -0.0400. The Morgan fingerprint density at radius 3 is 2.09 bits per heavy atom. The van der Waals surface area contributed by atoms with Gasteiger partial charge >= 0.3 is 0 Å². The second kappa shape index (κ2) is 3.57. The normalized spacial score (nSPS) is 27.3. The van der Waals surface area contributed by atoms with Gasteiger partial charge in [0.15, 0.2) is 0 Å². The van der Waals surface area contributed by atoms with E-state index in [-0.39, 0.29) is 0 Å². The van der Waals surface area contributed by atoms with Crippen molar-refractivity contribution in [3.8, 4) is 0 Å². The van der Waals surface area contributed by atoms with Gasteiger partial charge in [0.25, 0.3) is 0 Å². The lowest BCUT2D eigenvalue weighted by Crippen LogP contribution is -2.28. The fourth-order valence-electron chi connectivity index (χ4n) is 1.83. The molecule has 0 spiro atoms.